The second-order valence-corrected chi connectivity index (χ2v) is 5.37. The molecule has 0 aliphatic heterocycles. The molecule has 1 atom stereocenters. The van der Waals surface area contributed by atoms with Crippen molar-refractivity contribution in [2.24, 2.45) is 0 Å². The Hall–Kier alpha value is -1.00. The van der Waals surface area contributed by atoms with E-state index in [1.807, 2.05) is 13.8 Å². The van der Waals surface area contributed by atoms with Crippen LogP contribution in [0.5, 0.6) is 0 Å². The van der Waals surface area contributed by atoms with Crippen molar-refractivity contribution < 1.29 is 13.5 Å². The van der Waals surface area contributed by atoms with Crippen LogP contribution in [0.3, 0.4) is 0 Å². The predicted molar refractivity (Wildman–Crippen MR) is 75.6 cm³/mol. The molecule has 4 heteroatoms. The number of ether oxygens (including phenoxy) is 1. The highest BCUT2D eigenvalue weighted by molar-refractivity contribution is 5.25. The molecule has 2 rings (SSSR count). The summed E-state index contributed by atoms with van der Waals surface area (Å²) in [6.07, 6.45) is 4.14. The molecule has 1 fully saturated rings. The van der Waals surface area contributed by atoms with Crippen molar-refractivity contribution in [3.8, 4) is 0 Å². The molecule has 1 saturated carbocycles. The Morgan fingerprint density at radius 3 is 2.45 bits per heavy atom. The zero-order valence-corrected chi connectivity index (χ0v) is 12.2. The predicted octanol–water partition coefficient (Wildman–Crippen LogP) is 3.96. The Balaban J connectivity index is 2.35. The number of rotatable bonds is 6. The van der Waals surface area contributed by atoms with Crippen molar-refractivity contribution in [2.45, 2.75) is 51.2 Å². The third-order valence-corrected chi connectivity index (χ3v) is 4.09. The highest BCUT2D eigenvalue weighted by atomic mass is 19.2. The first-order chi connectivity index (χ1) is 9.63. The van der Waals surface area contributed by atoms with Gasteiger partial charge in [0.2, 0.25) is 0 Å². The SMILES string of the molecule is CCNC(c1ccc(F)c(F)c1)C1(OCC)CCCC1. The van der Waals surface area contributed by atoms with E-state index in [0.717, 1.165) is 37.8 Å². The van der Waals surface area contributed by atoms with Gasteiger partial charge in [-0.25, -0.2) is 8.78 Å². The van der Waals surface area contributed by atoms with Gasteiger partial charge < -0.3 is 10.1 Å². The van der Waals surface area contributed by atoms with Crippen molar-refractivity contribution in [1.82, 2.24) is 5.32 Å². The normalized spacial score (nSPS) is 19.2. The molecule has 112 valence electrons. The molecule has 0 radical (unpaired) electrons. The number of nitrogens with one attached hydrogen (secondary N) is 1. The molecule has 1 N–H and O–H groups in total. The maximum Gasteiger partial charge on any atom is 0.159 e. The van der Waals surface area contributed by atoms with Crippen molar-refractivity contribution in [3.05, 3.63) is 35.4 Å². The van der Waals surface area contributed by atoms with E-state index in [4.69, 9.17) is 4.74 Å². The maximum absolute atomic E-state index is 13.5. The number of benzene rings is 1. The van der Waals surface area contributed by atoms with Gasteiger partial charge in [-0.3, -0.25) is 0 Å². The van der Waals surface area contributed by atoms with Gasteiger partial charge in [-0.1, -0.05) is 25.8 Å². The molecule has 20 heavy (non-hydrogen) atoms. The second-order valence-electron chi connectivity index (χ2n) is 5.37. The highest BCUT2D eigenvalue weighted by Crippen LogP contribution is 2.43. The standard InChI is InChI=1S/C16H23F2NO/c1-3-19-15(12-7-8-13(17)14(18)11-12)16(20-4-2)9-5-6-10-16/h7-8,11,15,19H,3-6,9-10H2,1-2H3. The first kappa shape index (κ1) is 15.4. The lowest BCUT2D eigenvalue weighted by Gasteiger charge is -2.38. The topological polar surface area (TPSA) is 21.3 Å². The maximum atomic E-state index is 13.5. The Morgan fingerprint density at radius 1 is 1.20 bits per heavy atom. The van der Waals surface area contributed by atoms with Gasteiger partial charge in [0.1, 0.15) is 0 Å². The fraction of sp³-hybridized carbons (Fsp3) is 0.625. The number of halogens is 2. The number of likely N-dealkylation sites (N-methyl/N-ethyl adjacent to an activating group) is 1. The molecule has 1 unspecified atom stereocenters. The van der Waals surface area contributed by atoms with E-state index in [1.165, 1.54) is 12.1 Å². The lowest BCUT2D eigenvalue weighted by molar-refractivity contribution is -0.0623. The monoisotopic (exact) mass is 283 g/mol. The van der Waals surface area contributed by atoms with Gasteiger partial charge in [-0.15, -0.1) is 0 Å². The smallest absolute Gasteiger partial charge is 0.159 e. The van der Waals surface area contributed by atoms with Crippen LogP contribution < -0.4 is 5.32 Å². The molecule has 0 saturated heterocycles. The molecule has 0 bridgehead atoms. The molecule has 2 nitrogen and oxygen atoms in total. The van der Waals surface area contributed by atoms with Gasteiger partial charge in [0, 0.05) is 6.61 Å². The molecule has 0 spiro atoms. The highest BCUT2D eigenvalue weighted by Gasteiger charge is 2.42. The first-order valence-electron chi connectivity index (χ1n) is 7.45. The average molecular weight is 283 g/mol. The minimum absolute atomic E-state index is 0.0925. The van der Waals surface area contributed by atoms with E-state index in [9.17, 15) is 8.78 Å². The van der Waals surface area contributed by atoms with Crippen molar-refractivity contribution >= 4 is 0 Å². The van der Waals surface area contributed by atoms with Crippen LogP contribution in [-0.4, -0.2) is 18.8 Å². The first-order valence-corrected chi connectivity index (χ1v) is 7.45. The lowest BCUT2D eigenvalue weighted by atomic mass is 9.86. The third-order valence-electron chi connectivity index (χ3n) is 4.09. The second kappa shape index (κ2) is 6.64. The summed E-state index contributed by atoms with van der Waals surface area (Å²) in [5.41, 5.74) is 0.468. The summed E-state index contributed by atoms with van der Waals surface area (Å²) < 4.78 is 32.7. The van der Waals surface area contributed by atoms with Crippen LogP contribution in [0.15, 0.2) is 18.2 Å². The van der Waals surface area contributed by atoms with Crippen molar-refractivity contribution in [2.75, 3.05) is 13.2 Å². The van der Waals surface area contributed by atoms with Crippen LogP contribution in [0.2, 0.25) is 0 Å². The van der Waals surface area contributed by atoms with Crippen LogP contribution in [-0.2, 0) is 4.74 Å². The quantitative estimate of drug-likeness (QED) is 0.853. The zero-order valence-electron chi connectivity index (χ0n) is 12.2. The number of hydrogen-bond donors (Lipinski definition) is 1. The Labute approximate surface area is 119 Å². The minimum atomic E-state index is -0.805. The Kier molecular flexibility index (Phi) is 5.11. The molecule has 0 amide bonds. The fourth-order valence-electron chi connectivity index (χ4n) is 3.28. The van der Waals surface area contributed by atoms with Crippen LogP contribution in [0, 0.1) is 11.6 Å². The molecule has 1 aliphatic carbocycles. The average Bonchev–Trinajstić information content (AvgIpc) is 2.89. The van der Waals surface area contributed by atoms with E-state index in [0.29, 0.717) is 6.61 Å². The van der Waals surface area contributed by atoms with Gasteiger partial charge in [0.05, 0.1) is 11.6 Å². The molecule has 0 heterocycles. The molecule has 1 aromatic carbocycles. The summed E-state index contributed by atoms with van der Waals surface area (Å²) in [5.74, 6) is -1.60. The summed E-state index contributed by atoms with van der Waals surface area (Å²) in [6, 6.07) is 4.06. The van der Waals surface area contributed by atoms with Crippen LogP contribution in [0.1, 0.15) is 51.1 Å². The summed E-state index contributed by atoms with van der Waals surface area (Å²) in [6.45, 7) is 5.39. The van der Waals surface area contributed by atoms with Crippen LogP contribution in [0.25, 0.3) is 0 Å². The zero-order chi connectivity index (χ0) is 14.6. The fourth-order valence-corrected chi connectivity index (χ4v) is 3.28. The third kappa shape index (κ3) is 3.01. The van der Waals surface area contributed by atoms with E-state index in [-0.39, 0.29) is 11.6 Å². The molecule has 1 aliphatic rings. The van der Waals surface area contributed by atoms with E-state index < -0.39 is 11.6 Å². The van der Waals surface area contributed by atoms with E-state index in [1.54, 1.807) is 6.07 Å². The summed E-state index contributed by atoms with van der Waals surface area (Å²) in [4.78, 5) is 0. The van der Waals surface area contributed by atoms with Gasteiger partial charge in [-0.05, 0) is 44.0 Å². The molecular weight excluding hydrogens is 260 g/mol. The van der Waals surface area contributed by atoms with Gasteiger partial charge in [0.15, 0.2) is 11.6 Å². The summed E-state index contributed by atoms with van der Waals surface area (Å²) in [5, 5.41) is 3.40. The molecule has 1 aromatic rings. The molecule has 0 aromatic heterocycles. The molecular formula is C16H23F2NO. The number of hydrogen-bond acceptors (Lipinski definition) is 2. The summed E-state index contributed by atoms with van der Waals surface area (Å²) >= 11 is 0. The largest absolute Gasteiger partial charge is 0.373 e. The minimum Gasteiger partial charge on any atom is -0.373 e. The van der Waals surface area contributed by atoms with Gasteiger partial charge >= 0.3 is 0 Å². The van der Waals surface area contributed by atoms with Crippen molar-refractivity contribution in [3.63, 3.8) is 0 Å². The van der Waals surface area contributed by atoms with Crippen LogP contribution in [0.4, 0.5) is 8.78 Å². The Bertz CT molecular complexity index is 444. The van der Waals surface area contributed by atoms with Gasteiger partial charge in [-0.2, -0.15) is 0 Å². The lowest BCUT2D eigenvalue weighted by Crippen LogP contribution is -2.44. The summed E-state index contributed by atoms with van der Waals surface area (Å²) in [7, 11) is 0. The van der Waals surface area contributed by atoms with E-state index >= 15 is 0 Å². The Morgan fingerprint density at radius 2 is 1.90 bits per heavy atom. The van der Waals surface area contributed by atoms with Gasteiger partial charge in [0.25, 0.3) is 0 Å². The van der Waals surface area contributed by atoms with E-state index in [2.05, 4.69) is 5.32 Å². The van der Waals surface area contributed by atoms with Crippen molar-refractivity contribution in [1.29, 1.82) is 0 Å². The van der Waals surface area contributed by atoms with Crippen LogP contribution >= 0.6 is 0 Å².